The molecule has 0 radical (unpaired) electrons. The molecule has 4 aromatic carbocycles. The first-order valence-electron chi connectivity index (χ1n) is 11.5. The molecule has 4 aromatic rings. The Kier molecular flexibility index (Phi) is 6.65. The number of rotatable bonds is 6. The van der Waals surface area contributed by atoms with E-state index in [4.69, 9.17) is 20.8 Å². The maximum absolute atomic E-state index is 12.5. The molecule has 0 spiro atoms. The van der Waals surface area contributed by atoms with E-state index >= 15 is 0 Å². The van der Waals surface area contributed by atoms with Crippen LogP contribution in [0.25, 0.3) is 27.1 Å². The monoisotopic (exact) mass is 476 g/mol. The van der Waals surface area contributed by atoms with Gasteiger partial charge in [-0.25, -0.2) is 9.64 Å². The molecule has 0 amide bonds. The predicted molar refractivity (Wildman–Crippen MR) is 138 cm³/mol. The van der Waals surface area contributed by atoms with Crippen LogP contribution in [0.2, 0.25) is 0 Å². The Labute approximate surface area is 210 Å². The van der Waals surface area contributed by atoms with Crippen LogP contribution in [0.3, 0.4) is 0 Å². The molecule has 1 aliphatic heterocycles. The van der Waals surface area contributed by atoms with Crippen molar-refractivity contribution in [3.05, 3.63) is 114 Å². The fourth-order valence-corrected chi connectivity index (χ4v) is 4.04. The molecule has 0 fully saturated rings. The van der Waals surface area contributed by atoms with Crippen molar-refractivity contribution in [2.45, 2.75) is 6.54 Å². The van der Waals surface area contributed by atoms with Gasteiger partial charge in [-0.1, -0.05) is 54.6 Å². The van der Waals surface area contributed by atoms with Gasteiger partial charge in [0.15, 0.2) is 5.69 Å². The number of carbonyl (C=O) groups excluding carboxylic acids is 1. The SMILES string of the molecule is [C-]#[N+]c1ccc(-c2ccc(OCOC(=O)c3ccc(-c4ccc5c(c4)CN(C)CO5)cc3)cc2)cc1. The summed E-state index contributed by atoms with van der Waals surface area (Å²) >= 11 is 0. The molecule has 1 aliphatic rings. The summed E-state index contributed by atoms with van der Waals surface area (Å²) in [4.78, 5) is 18.0. The van der Waals surface area contributed by atoms with E-state index in [0.29, 0.717) is 23.7 Å². The fourth-order valence-electron chi connectivity index (χ4n) is 4.04. The third kappa shape index (κ3) is 5.22. The van der Waals surface area contributed by atoms with Gasteiger partial charge in [0.1, 0.15) is 18.2 Å². The van der Waals surface area contributed by atoms with Crippen LogP contribution in [-0.4, -0.2) is 31.4 Å². The summed E-state index contributed by atoms with van der Waals surface area (Å²) in [6.45, 7) is 8.29. The molecule has 0 saturated carbocycles. The van der Waals surface area contributed by atoms with Gasteiger partial charge in [-0.15, -0.1) is 0 Å². The maximum Gasteiger partial charge on any atom is 0.340 e. The maximum atomic E-state index is 12.5. The largest absolute Gasteiger partial charge is 0.478 e. The van der Waals surface area contributed by atoms with Crippen molar-refractivity contribution >= 4 is 11.7 Å². The van der Waals surface area contributed by atoms with Gasteiger partial charge in [0.25, 0.3) is 0 Å². The summed E-state index contributed by atoms with van der Waals surface area (Å²) in [5, 5.41) is 0. The Morgan fingerprint density at radius 2 is 1.50 bits per heavy atom. The summed E-state index contributed by atoms with van der Waals surface area (Å²) in [5.74, 6) is 1.07. The number of benzene rings is 4. The number of hydrogen-bond donors (Lipinski definition) is 0. The first-order valence-corrected chi connectivity index (χ1v) is 11.5. The van der Waals surface area contributed by atoms with Crippen molar-refractivity contribution in [1.82, 2.24) is 4.90 Å². The average Bonchev–Trinajstić information content (AvgIpc) is 2.93. The van der Waals surface area contributed by atoms with E-state index in [1.165, 1.54) is 0 Å². The van der Waals surface area contributed by atoms with Gasteiger partial charge >= 0.3 is 5.97 Å². The molecule has 1 heterocycles. The van der Waals surface area contributed by atoms with Gasteiger partial charge in [0, 0.05) is 12.1 Å². The summed E-state index contributed by atoms with van der Waals surface area (Å²) in [6, 6.07) is 28.4. The molecule has 5 rings (SSSR count). The van der Waals surface area contributed by atoms with E-state index in [1.807, 2.05) is 67.7 Å². The lowest BCUT2D eigenvalue weighted by molar-refractivity contribution is 0.0154. The second kappa shape index (κ2) is 10.3. The Hall–Kier alpha value is -4.60. The number of fused-ring (bicyclic) bond motifs is 1. The lowest BCUT2D eigenvalue weighted by Gasteiger charge is -2.25. The van der Waals surface area contributed by atoms with E-state index < -0.39 is 5.97 Å². The smallest absolute Gasteiger partial charge is 0.340 e. The number of hydrogen-bond acceptors (Lipinski definition) is 5. The minimum atomic E-state index is -0.446. The summed E-state index contributed by atoms with van der Waals surface area (Å²) in [6.07, 6.45) is 0. The topological polar surface area (TPSA) is 52.4 Å². The number of ether oxygens (including phenoxy) is 3. The van der Waals surface area contributed by atoms with E-state index in [1.54, 1.807) is 24.3 Å². The van der Waals surface area contributed by atoms with Gasteiger partial charge in [-0.05, 0) is 65.7 Å². The lowest BCUT2D eigenvalue weighted by atomic mass is 10.0. The molecule has 0 bridgehead atoms. The predicted octanol–water partition coefficient (Wildman–Crippen LogP) is 6.55. The minimum Gasteiger partial charge on any atom is -0.478 e. The highest BCUT2D eigenvalue weighted by molar-refractivity contribution is 5.90. The van der Waals surface area contributed by atoms with Crippen LogP contribution in [0.5, 0.6) is 11.5 Å². The summed E-state index contributed by atoms with van der Waals surface area (Å²) < 4.78 is 16.6. The quantitative estimate of drug-likeness (QED) is 0.180. The fraction of sp³-hybridized carbons (Fsp3) is 0.133. The van der Waals surface area contributed by atoms with Crippen LogP contribution in [0, 0.1) is 6.57 Å². The van der Waals surface area contributed by atoms with Crippen molar-refractivity contribution in [3.8, 4) is 33.8 Å². The highest BCUT2D eigenvalue weighted by Gasteiger charge is 2.15. The van der Waals surface area contributed by atoms with Gasteiger partial charge in [-0.3, -0.25) is 4.90 Å². The molecule has 0 aliphatic carbocycles. The molecule has 0 unspecified atom stereocenters. The zero-order valence-corrected chi connectivity index (χ0v) is 19.8. The van der Waals surface area contributed by atoms with Crippen molar-refractivity contribution in [2.75, 3.05) is 20.6 Å². The average molecular weight is 477 g/mol. The molecule has 0 atom stereocenters. The van der Waals surface area contributed by atoms with E-state index in [-0.39, 0.29) is 6.79 Å². The Balaban J connectivity index is 1.15. The molecule has 0 saturated heterocycles. The molecule has 6 heteroatoms. The van der Waals surface area contributed by atoms with Crippen LogP contribution in [0.1, 0.15) is 15.9 Å². The zero-order chi connectivity index (χ0) is 24.9. The Bertz CT molecular complexity index is 1410. The normalized spacial score (nSPS) is 12.7. The number of esters is 1. The summed E-state index contributed by atoms with van der Waals surface area (Å²) in [5.41, 5.74) is 6.32. The van der Waals surface area contributed by atoms with Crippen molar-refractivity contribution in [1.29, 1.82) is 0 Å². The lowest BCUT2D eigenvalue weighted by Crippen LogP contribution is -2.27. The van der Waals surface area contributed by atoms with Crippen molar-refractivity contribution < 1.29 is 19.0 Å². The van der Waals surface area contributed by atoms with Gasteiger partial charge in [-0.2, -0.15) is 0 Å². The first-order chi connectivity index (χ1) is 17.6. The third-order valence-corrected chi connectivity index (χ3v) is 5.99. The van der Waals surface area contributed by atoms with Crippen molar-refractivity contribution in [3.63, 3.8) is 0 Å². The van der Waals surface area contributed by atoms with E-state index in [2.05, 4.69) is 15.8 Å². The van der Waals surface area contributed by atoms with E-state index in [0.717, 1.165) is 40.1 Å². The van der Waals surface area contributed by atoms with Crippen molar-refractivity contribution in [2.24, 2.45) is 0 Å². The standard InChI is InChI=1S/C30H24N2O4/c1-31-27-12-7-21(8-13-27)22-9-14-28(15-10-22)35-20-36-30(33)24-5-3-23(4-6-24)25-11-16-29-26(17-25)18-32(2)19-34-29/h3-17H,18-20H2,2H3. The molecular formula is C30H24N2O4. The second-order valence-electron chi connectivity index (χ2n) is 8.56. The molecule has 178 valence electrons. The van der Waals surface area contributed by atoms with Crippen LogP contribution < -0.4 is 9.47 Å². The van der Waals surface area contributed by atoms with Gasteiger partial charge in [0.2, 0.25) is 6.79 Å². The van der Waals surface area contributed by atoms with Crippen LogP contribution >= 0.6 is 0 Å². The van der Waals surface area contributed by atoms with Gasteiger partial charge < -0.3 is 14.2 Å². The molecule has 0 N–H and O–H groups in total. The minimum absolute atomic E-state index is 0.183. The highest BCUT2D eigenvalue weighted by Crippen LogP contribution is 2.30. The van der Waals surface area contributed by atoms with E-state index in [9.17, 15) is 4.79 Å². The van der Waals surface area contributed by atoms with Gasteiger partial charge in [0.05, 0.1) is 12.1 Å². The molecule has 0 aromatic heterocycles. The van der Waals surface area contributed by atoms with Crippen LogP contribution in [0.15, 0.2) is 91.0 Å². The first kappa shape index (κ1) is 23.2. The van der Waals surface area contributed by atoms with Crippen LogP contribution in [0.4, 0.5) is 5.69 Å². The zero-order valence-electron chi connectivity index (χ0n) is 19.8. The molecular weight excluding hydrogens is 452 g/mol. The number of nitrogens with zero attached hydrogens (tertiary/aromatic N) is 2. The van der Waals surface area contributed by atoms with Crippen LogP contribution in [-0.2, 0) is 11.3 Å². The molecule has 6 nitrogen and oxygen atoms in total. The Morgan fingerprint density at radius 1 is 0.889 bits per heavy atom. The summed E-state index contributed by atoms with van der Waals surface area (Å²) in [7, 11) is 2.02. The highest BCUT2D eigenvalue weighted by atomic mass is 16.7. The third-order valence-electron chi connectivity index (χ3n) is 5.99. The second-order valence-corrected chi connectivity index (χ2v) is 8.56. The number of carbonyl (C=O) groups is 1. The Morgan fingerprint density at radius 3 is 2.19 bits per heavy atom. The molecule has 36 heavy (non-hydrogen) atoms.